The van der Waals surface area contributed by atoms with Gasteiger partial charge in [-0.05, 0) is 20.8 Å². The van der Waals surface area contributed by atoms with Gasteiger partial charge in [0.2, 0.25) is 0 Å². The molecule has 1 fully saturated rings. The maximum atomic E-state index is 11.1. The molecule has 0 aromatic carbocycles. The minimum Gasteiger partial charge on any atom is -0.312 e. The lowest BCUT2D eigenvalue weighted by atomic mass is 10.1. The number of rotatable bonds is 0. The Morgan fingerprint density at radius 1 is 1.55 bits per heavy atom. The predicted octanol–water partition coefficient (Wildman–Crippen LogP) is 0.787. The van der Waals surface area contributed by atoms with Gasteiger partial charge in [0.25, 0.3) is 0 Å². The van der Waals surface area contributed by atoms with Crippen molar-refractivity contribution in [2.45, 2.75) is 26.3 Å². The number of amides is 2. The smallest absolute Gasteiger partial charge is 0.312 e. The number of hydrogen-bond donors (Lipinski definition) is 2. The molecule has 0 aliphatic carbocycles. The van der Waals surface area contributed by atoms with E-state index in [0.717, 1.165) is 0 Å². The third kappa shape index (κ3) is 1.50. The summed E-state index contributed by atoms with van der Waals surface area (Å²) < 4.78 is 0. The molecule has 11 heavy (non-hydrogen) atoms. The number of urea groups is 1. The van der Waals surface area contributed by atoms with E-state index in [0.29, 0.717) is 6.54 Å². The zero-order valence-electron chi connectivity index (χ0n) is 7.06. The van der Waals surface area contributed by atoms with E-state index in [1.165, 1.54) is 0 Å². The maximum Gasteiger partial charge on any atom is 0.323 e. The van der Waals surface area contributed by atoms with Crippen molar-refractivity contribution in [3.05, 3.63) is 0 Å². The van der Waals surface area contributed by atoms with E-state index in [4.69, 9.17) is 5.41 Å². The lowest BCUT2D eigenvalue weighted by molar-refractivity contribution is 0.172. The van der Waals surface area contributed by atoms with Gasteiger partial charge in [0, 0.05) is 5.54 Å². The third-order valence-electron chi connectivity index (χ3n) is 1.63. The Morgan fingerprint density at radius 3 is 2.27 bits per heavy atom. The van der Waals surface area contributed by atoms with E-state index < -0.39 is 0 Å². The number of nitrogens with one attached hydrogen (secondary N) is 2. The van der Waals surface area contributed by atoms with E-state index >= 15 is 0 Å². The molecule has 1 aliphatic heterocycles. The van der Waals surface area contributed by atoms with Crippen LogP contribution in [0, 0.1) is 5.41 Å². The lowest BCUT2D eigenvalue weighted by Crippen LogP contribution is -2.43. The zero-order valence-corrected chi connectivity index (χ0v) is 7.06. The molecular formula is C7H13N3O. The summed E-state index contributed by atoms with van der Waals surface area (Å²) in [6, 6.07) is -0.164. The molecule has 0 aromatic rings. The van der Waals surface area contributed by atoms with Crippen LogP contribution in [0.5, 0.6) is 0 Å². The standard InChI is InChI=1S/C7H13N3O/c1-7(2,3)10-4-5(8)9-6(10)11/h4H2,1-3H3,(H2,8,9,11). The summed E-state index contributed by atoms with van der Waals surface area (Å²) in [7, 11) is 0. The minimum atomic E-state index is -0.188. The monoisotopic (exact) mass is 155 g/mol. The molecule has 62 valence electrons. The molecule has 0 radical (unpaired) electrons. The van der Waals surface area contributed by atoms with E-state index in [9.17, 15) is 4.79 Å². The van der Waals surface area contributed by atoms with Crippen molar-refractivity contribution >= 4 is 11.9 Å². The van der Waals surface area contributed by atoms with Crippen LogP contribution in [-0.4, -0.2) is 28.9 Å². The first kappa shape index (κ1) is 8.04. The van der Waals surface area contributed by atoms with Gasteiger partial charge in [-0.2, -0.15) is 0 Å². The van der Waals surface area contributed by atoms with E-state index in [2.05, 4.69) is 5.32 Å². The van der Waals surface area contributed by atoms with Crippen LogP contribution in [0.1, 0.15) is 20.8 Å². The van der Waals surface area contributed by atoms with Crippen LogP contribution >= 0.6 is 0 Å². The van der Waals surface area contributed by atoms with Crippen molar-refractivity contribution in [1.29, 1.82) is 5.41 Å². The first-order chi connectivity index (χ1) is 4.91. The Hall–Kier alpha value is -1.06. The minimum absolute atomic E-state index is 0.164. The van der Waals surface area contributed by atoms with Gasteiger partial charge in [-0.1, -0.05) is 0 Å². The molecular weight excluding hydrogens is 142 g/mol. The molecule has 1 saturated heterocycles. The number of nitrogens with zero attached hydrogens (tertiary/aromatic N) is 1. The average Bonchev–Trinajstić information content (AvgIpc) is 2.08. The SMILES string of the molecule is CC(C)(C)N1CC(=N)NC1=O. The predicted molar refractivity (Wildman–Crippen MR) is 42.7 cm³/mol. The Labute approximate surface area is 66.1 Å². The normalized spacial score (nSPS) is 19.0. The summed E-state index contributed by atoms with van der Waals surface area (Å²) in [6.07, 6.45) is 0. The van der Waals surface area contributed by atoms with Crippen molar-refractivity contribution in [2.75, 3.05) is 6.54 Å². The van der Waals surface area contributed by atoms with Gasteiger partial charge in [0.15, 0.2) is 0 Å². The van der Waals surface area contributed by atoms with Crippen molar-refractivity contribution in [3.8, 4) is 0 Å². The van der Waals surface area contributed by atoms with Crippen LogP contribution in [0.25, 0.3) is 0 Å². The largest absolute Gasteiger partial charge is 0.323 e. The van der Waals surface area contributed by atoms with Crippen LogP contribution in [0.2, 0.25) is 0 Å². The molecule has 2 amide bonds. The first-order valence-corrected chi connectivity index (χ1v) is 3.57. The molecule has 4 nitrogen and oxygen atoms in total. The summed E-state index contributed by atoms with van der Waals surface area (Å²) >= 11 is 0. The molecule has 4 heteroatoms. The molecule has 0 bridgehead atoms. The third-order valence-corrected chi connectivity index (χ3v) is 1.63. The second-order valence-corrected chi connectivity index (χ2v) is 3.67. The lowest BCUT2D eigenvalue weighted by Gasteiger charge is -2.29. The van der Waals surface area contributed by atoms with Gasteiger partial charge in [-0.25, -0.2) is 4.79 Å². The highest BCUT2D eigenvalue weighted by atomic mass is 16.2. The molecule has 0 aromatic heterocycles. The molecule has 0 atom stereocenters. The molecule has 1 aliphatic rings. The molecule has 0 spiro atoms. The van der Waals surface area contributed by atoms with Crippen molar-refractivity contribution in [2.24, 2.45) is 0 Å². The number of amidine groups is 1. The number of hydrogen-bond acceptors (Lipinski definition) is 2. The summed E-state index contributed by atoms with van der Waals surface area (Å²) in [5, 5.41) is 9.66. The number of carbonyl (C=O) groups excluding carboxylic acids is 1. The zero-order chi connectivity index (χ0) is 8.65. The van der Waals surface area contributed by atoms with Crippen LogP contribution < -0.4 is 5.32 Å². The van der Waals surface area contributed by atoms with Gasteiger partial charge >= 0.3 is 6.03 Å². The maximum absolute atomic E-state index is 11.1. The van der Waals surface area contributed by atoms with Gasteiger partial charge in [0.1, 0.15) is 5.84 Å². The number of carbonyl (C=O) groups is 1. The summed E-state index contributed by atoms with van der Waals surface area (Å²) in [5.74, 6) is 0.282. The van der Waals surface area contributed by atoms with Gasteiger partial charge in [0.05, 0.1) is 6.54 Å². The first-order valence-electron chi connectivity index (χ1n) is 3.57. The van der Waals surface area contributed by atoms with Gasteiger partial charge in [-0.15, -0.1) is 0 Å². The van der Waals surface area contributed by atoms with E-state index in [1.54, 1.807) is 4.90 Å². The van der Waals surface area contributed by atoms with Gasteiger partial charge < -0.3 is 4.90 Å². The Bertz CT molecular complexity index is 204. The summed E-state index contributed by atoms with van der Waals surface area (Å²) in [6.45, 7) is 6.25. The van der Waals surface area contributed by atoms with E-state index in [1.807, 2.05) is 20.8 Å². The second-order valence-electron chi connectivity index (χ2n) is 3.67. The fourth-order valence-electron chi connectivity index (χ4n) is 1.01. The Kier molecular flexibility index (Phi) is 1.62. The molecule has 1 rings (SSSR count). The Morgan fingerprint density at radius 2 is 2.09 bits per heavy atom. The van der Waals surface area contributed by atoms with Crippen LogP contribution in [-0.2, 0) is 0 Å². The summed E-state index contributed by atoms with van der Waals surface area (Å²) in [4.78, 5) is 12.7. The summed E-state index contributed by atoms with van der Waals surface area (Å²) in [5.41, 5.74) is -0.188. The fraction of sp³-hybridized carbons (Fsp3) is 0.714. The molecule has 1 heterocycles. The molecule has 0 saturated carbocycles. The average molecular weight is 155 g/mol. The quantitative estimate of drug-likeness (QED) is 0.533. The van der Waals surface area contributed by atoms with Crippen LogP contribution in [0.15, 0.2) is 0 Å². The fourth-order valence-corrected chi connectivity index (χ4v) is 1.01. The van der Waals surface area contributed by atoms with Crippen molar-refractivity contribution < 1.29 is 4.79 Å². The van der Waals surface area contributed by atoms with Gasteiger partial charge in [-0.3, -0.25) is 10.7 Å². The molecule has 0 unspecified atom stereocenters. The highest BCUT2D eigenvalue weighted by Gasteiger charge is 2.32. The highest BCUT2D eigenvalue weighted by molar-refractivity contribution is 6.03. The highest BCUT2D eigenvalue weighted by Crippen LogP contribution is 2.15. The van der Waals surface area contributed by atoms with Crippen LogP contribution in [0.4, 0.5) is 4.79 Å². The topological polar surface area (TPSA) is 56.2 Å². The van der Waals surface area contributed by atoms with Crippen LogP contribution in [0.3, 0.4) is 0 Å². The van der Waals surface area contributed by atoms with Crippen molar-refractivity contribution in [3.63, 3.8) is 0 Å². The van der Waals surface area contributed by atoms with Crippen molar-refractivity contribution in [1.82, 2.24) is 10.2 Å². The van der Waals surface area contributed by atoms with E-state index in [-0.39, 0.29) is 17.4 Å². The second kappa shape index (κ2) is 2.22. The Balaban J connectivity index is 2.76. The molecule has 2 N–H and O–H groups in total.